The van der Waals surface area contributed by atoms with E-state index in [1.54, 1.807) is 0 Å². The molecular weight excluding hydrogens is 496 g/mol. The van der Waals surface area contributed by atoms with Crippen LogP contribution in [0.2, 0.25) is 0 Å². The molecule has 1 fully saturated rings. The zero-order valence-electron chi connectivity index (χ0n) is 18.7. The van der Waals surface area contributed by atoms with Crippen LogP contribution in [0.4, 0.5) is 0 Å². The van der Waals surface area contributed by atoms with Gasteiger partial charge in [0.25, 0.3) is 0 Å². The van der Waals surface area contributed by atoms with E-state index in [0.717, 1.165) is 12.1 Å². The number of phenolic OH excluding ortho intramolecular Hbond substituents is 2. The lowest BCUT2D eigenvalue weighted by Gasteiger charge is -2.39. The number of hydrogen-bond donors (Lipinski definition) is 6. The molecule has 6 N–H and O–H groups in total. The fraction of sp³-hybridized carbons (Fsp3) is 0.250. The summed E-state index contributed by atoms with van der Waals surface area (Å²) in [5.74, 6) is -1.98. The van der Waals surface area contributed by atoms with Gasteiger partial charge in [0.1, 0.15) is 24.4 Å². The molecule has 0 spiro atoms. The van der Waals surface area contributed by atoms with Crippen LogP contribution in [-0.2, 0) is 4.74 Å². The Morgan fingerprint density at radius 1 is 0.811 bits per heavy atom. The summed E-state index contributed by atoms with van der Waals surface area (Å²) in [7, 11) is 0. The van der Waals surface area contributed by atoms with Gasteiger partial charge >= 0.3 is 11.3 Å². The highest BCUT2D eigenvalue weighted by Crippen LogP contribution is 2.45. The van der Waals surface area contributed by atoms with E-state index < -0.39 is 60.1 Å². The lowest BCUT2D eigenvalue weighted by molar-refractivity contribution is -0.277. The first-order valence-corrected chi connectivity index (χ1v) is 10.9. The van der Waals surface area contributed by atoms with Gasteiger partial charge in [0.2, 0.25) is 12.0 Å². The highest BCUT2D eigenvalue weighted by Gasteiger charge is 2.45. The largest absolute Gasteiger partial charge is 0.504 e. The van der Waals surface area contributed by atoms with Gasteiger partial charge in [0.15, 0.2) is 34.2 Å². The van der Waals surface area contributed by atoms with E-state index in [1.807, 2.05) is 0 Å². The molecule has 4 aromatic rings. The minimum Gasteiger partial charge on any atom is -0.504 e. The van der Waals surface area contributed by atoms with Crippen LogP contribution < -0.4 is 20.7 Å². The van der Waals surface area contributed by atoms with Gasteiger partial charge in [-0.15, -0.1) is 0 Å². The van der Waals surface area contributed by atoms with Crippen molar-refractivity contribution in [2.75, 3.05) is 6.61 Å². The van der Waals surface area contributed by atoms with Crippen LogP contribution >= 0.6 is 0 Å². The fourth-order valence-electron chi connectivity index (χ4n) is 3.93. The normalized spacial score (nSPS) is 23.8. The van der Waals surface area contributed by atoms with Crippen molar-refractivity contribution >= 4 is 21.9 Å². The second-order valence-corrected chi connectivity index (χ2v) is 8.22. The SMILES string of the molecule is O=c1ccc2ccc(O)c(Oc3cc(O[C@@H]4O[C@H](CO)[C@@H](O)[C@H](O)[C@H]4O)c(O)c4ccc(=O)oc34)c2o1. The molecule has 0 aliphatic carbocycles. The standard InChI is InChI=1S/C24H20O13/c25-8-14-18(30)19(31)20(32)24(35-14)34-12-7-13(22-10(17(12)29)3-6-16(28)37-22)33-23-11(26)4-1-9-2-5-15(27)36-21(9)23/h1-7,14,18-20,24-26,29-32H,8H2/t14-,18-,19+,20-,24-/m1/s1. The minimum absolute atomic E-state index is 0.0853. The smallest absolute Gasteiger partial charge is 0.336 e. The van der Waals surface area contributed by atoms with Crippen LogP contribution in [0.1, 0.15) is 0 Å². The predicted octanol–water partition coefficient (Wildman–Crippen LogP) is 0.282. The highest BCUT2D eigenvalue weighted by atomic mass is 16.7. The molecule has 0 bridgehead atoms. The van der Waals surface area contributed by atoms with E-state index in [1.165, 1.54) is 30.3 Å². The predicted molar refractivity (Wildman–Crippen MR) is 123 cm³/mol. The Bertz CT molecular complexity index is 1590. The molecule has 0 amide bonds. The number of aromatic hydroxyl groups is 2. The fourth-order valence-corrected chi connectivity index (χ4v) is 3.93. The molecule has 1 aliphatic rings. The molecule has 13 heteroatoms. The topological polar surface area (TPSA) is 209 Å². The van der Waals surface area contributed by atoms with Gasteiger partial charge in [0.05, 0.1) is 12.0 Å². The third-order valence-electron chi connectivity index (χ3n) is 5.83. The van der Waals surface area contributed by atoms with Crippen LogP contribution in [0.3, 0.4) is 0 Å². The average molecular weight is 516 g/mol. The summed E-state index contributed by atoms with van der Waals surface area (Å²) in [6.45, 7) is -0.709. The number of aliphatic hydroxyl groups is 4. The van der Waals surface area contributed by atoms with Crippen molar-refractivity contribution < 1.29 is 53.7 Å². The molecule has 1 saturated heterocycles. The van der Waals surface area contributed by atoms with Crippen LogP contribution in [0.5, 0.6) is 28.7 Å². The zero-order chi connectivity index (χ0) is 26.4. The molecule has 1 aliphatic heterocycles. The summed E-state index contributed by atoms with van der Waals surface area (Å²) in [5.41, 5.74) is -1.91. The summed E-state index contributed by atoms with van der Waals surface area (Å²) >= 11 is 0. The van der Waals surface area contributed by atoms with Crippen LogP contribution in [0, 0.1) is 0 Å². The Balaban J connectivity index is 1.63. The van der Waals surface area contributed by atoms with Gasteiger partial charge in [-0.1, -0.05) is 0 Å². The van der Waals surface area contributed by atoms with Gasteiger partial charge in [-0.3, -0.25) is 0 Å². The van der Waals surface area contributed by atoms with Crippen LogP contribution in [0.25, 0.3) is 21.9 Å². The maximum atomic E-state index is 11.9. The summed E-state index contributed by atoms with van der Waals surface area (Å²) in [6, 6.07) is 8.62. The number of aliphatic hydroxyl groups excluding tert-OH is 4. The van der Waals surface area contributed by atoms with Gasteiger partial charge in [-0.25, -0.2) is 9.59 Å². The lowest BCUT2D eigenvalue weighted by Crippen LogP contribution is -2.60. The Kier molecular flexibility index (Phi) is 6.23. The first-order chi connectivity index (χ1) is 17.7. The summed E-state index contributed by atoms with van der Waals surface area (Å²) in [6.07, 6.45) is -8.12. The molecule has 5 rings (SSSR count). The first-order valence-electron chi connectivity index (χ1n) is 10.9. The maximum Gasteiger partial charge on any atom is 0.336 e. The molecule has 37 heavy (non-hydrogen) atoms. The van der Waals surface area contributed by atoms with Crippen molar-refractivity contribution in [2.45, 2.75) is 30.7 Å². The molecule has 0 saturated carbocycles. The molecule has 5 atom stereocenters. The second-order valence-electron chi connectivity index (χ2n) is 8.22. The number of rotatable bonds is 5. The maximum absolute atomic E-state index is 11.9. The van der Waals surface area contributed by atoms with Crippen molar-refractivity contribution in [3.63, 3.8) is 0 Å². The average Bonchev–Trinajstić information content (AvgIpc) is 2.88. The van der Waals surface area contributed by atoms with Crippen molar-refractivity contribution in [1.29, 1.82) is 0 Å². The molecule has 0 unspecified atom stereocenters. The number of benzene rings is 2. The van der Waals surface area contributed by atoms with Crippen LogP contribution in [0.15, 0.2) is 60.9 Å². The molecule has 194 valence electrons. The second kappa shape index (κ2) is 9.38. The highest BCUT2D eigenvalue weighted by molar-refractivity contribution is 5.92. The van der Waals surface area contributed by atoms with Crippen molar-refractivity contribution in [3.05, 3.63) is 63.3 Å². The monoisotopic (exact) mass is 516 g/mol. The molecule has 2 aromatic carbocycles. The molecule has 2 aromatic heterocycles. The summed E-state index contributed by atoms with van der Waals surface area (Å²) in [5, 5.41) is 61.3. The van der Waals surface area contributed by atoms with E-state index >= 15 is 0 Å². The quantitative estimate of drug-likeness (QED) is 0.197. The van der Waals surface area contributed by atoms with Crippen molar-refractivity contribution in [2.24, 2.45) is 0 Å². The number of fused-ring (bicyclic) bond motifs is 2. The number of phenols is 2. The van der Waals surface area contributed by atoms with Gasteiger partial charge in [0, 0.05) is 23.6 Å². The molecule has 13 nitrogen and oxygen atoms in total. The lowest BCUT2D eigenvalue weighted by atomic mass is 9.99. The van der Waals surface area contributed by atoms with Gasteiger partial charge < -0.3 is 53.7 Å². The van der Waals surface area contributed by atoms with E-state index in [9.17, 15) is 40.2 Å². The molecule has 0 radical (unpaired) electrons. The summed E-state index contributed by atoms with van der Waals surface area (Å²) in [4.78, 5) is 23.7. The van der Waals surface area contributed by atoms with E-state index in [4.69, 9.17) is 23.0 Å². The Morgan fingerprint density at radius 2 is 1.49 bits per heavy atom. The third kappa shape index (κ3) is 4.34. The molecule has 3 heterocycles. The van der Waals surface area contributed by atoms with E-state index in [2.05, 4.69) is 0 Å². The van der Waals surface area contributed by atoms with E-state index in [0.29, 0.717) is 5.39 Å². The van der Waals surface area contributed by atoms with Gasteiger partial charge in [-0.2, -0.15) is 0 Å². The Labute approximate surface area is 205 Å². The minimum atomic E-state index is -1.79. The zero-order valence-corrected chi connectivity index (χ0v) is 18.7. The Hall–Kier alpha value is -4.14. The van der Waals surface area contributed by atoms with Gasteiger partial charge in [-0.05, 0) is 24.3 Å². The third-order valence-corrected chi connectivity index (χ3v) is 5.83. The molecular formula is C24H20O13. The van der Waals surface area contributed by atoms with E-state index in [-0.39, 0.29) is 33.8 Å². The van der Waals surface area contributed by atoms with Crippen molar-refractivity contribution in [1.82, 2.24) is 0 Å². The Morgan fingerprint density at radius 3 is 2.22 bits per heavy atom. The first kappa shape index (κ1) is 24.5. The summed E-state index contributed by atoms with van der Waals surface area (Å²) < 4.78 is 27.1. The van der Waals surface area contributed by atoms with Crippen molar-refractivity contribution in [3.8, 4) is 28.7 Å². The van der Waals surface area contributed by atoms with Crippen LogP contribution in [-0.4, -0.2) is 68.0 Å². The number of hydrogen-bond acceptors (Lipinski definition) is 13. The number of ether oxygens (including phenoxy) is 3.